The van der Waals surface area contributed by atoms with Gasteiger partial charge in [-0.2, -0.15) is 10.1 Å². The van der Waals surface area contributed by atoms with Crippen molar-refractivity contribution in [1.82, 2.24) is 19.9 Å². The summed E-state index contributed by atoms with van der Waals surface area (Å²) in [5.41, 5.74) is 1.22. The van der Waals surface area contributed by atoms with Crippen LogP contribution in [0.15, 0.2) is 74.6 Å². The fourth-order valence-electron chi connectivity index (χ4n) is 2.58. The molecule has 2 aromatic heterocycles. The molecule has 0 amide bonds. The van der Waals surface area contributed by atoms with Gasteiger partial charge >= 0.3 is 0 Å². The Morgan fingerprint density at radius 1 is 1.11 bits per heavy atom. The first-order valence-corrected chi connectivity index (χ1v) is 8.78. The van der Waals surface area contributed by atoms with Gasteiger partial charge < -0.3 is 9.26 Å². The number of ether oxygens (including phenoxy) is 1. The lowest BCUT2D eigenvalue weighted by Gasteiger charge is -2.06. The summed E-state index contributed by atoms with van der Waals surface area (Å²) in [4.78, 5) is 16.6. The summed E-state index contributed by atoms with van der Waals surface area (Å²) in [6.45, 7) is 0. The third-order valence-corrected chi connectivity index (χ3v) is 4.35. The molecule has 0 aliphatic heterocycles. The van der Waals surface area contributed by atoms with E-state index >= 15 is 0 Å². The number of benzene rings is 2. The highest BCUT2D eigenvalue weighted by Gasteiger charge is 2.18. The molecule has 0 unspecified atom stereocenters. The van der Waals surface area contributed by atoms with Crippen molar-refractivity contribution in [3.63, 3.8) is 0 Å². The second-order valence-electron chi connectivity index (χ2n) is 5.58. The van der Waals surface area contributed by atoms with E-state index in [4.69, 9.17) is 9.26 Å². The summed E-state index contributed by atoms with van der Waals surface area (Å²) in [6.07, 6.45) is 1.59. The molecule has 2 aromatic carbocycles. The summed E-state index contributed by atoms with van der Waals surface area (Å²) in [5, 5.41) is 8.33. The van der Waals surface area contributed by atoms with E-state index in [9.17, 15) is 4.79 Å². The lowest BCUT2D eigenvalue weighted by atomic mass is 10.2. The first kappa shape index (κ1) is 17.2. The van der Waals surface area contributed by atoms with E-state index in [0.29, 0.717) is 17.1 Å². The molecule has 0 spiro atoms. The number of hydrogen-bond acceptors (Lipinski definition) is 6. The van der Waals surface area contributed by atoms with Crippen LogP contribution in [0.3, 0.4) is 0 Å². The zero-order chi connectivity index (χ0) is 18.8. The van der Waals surface area contributed by atoms with Gasteiger partial charge in [-0.3, -0.25) is 4.79 Å². The number of hydrogen-bond donors (Lipinski definition) is 0. The van der Waals surface area contributed by atoms with Gasteiger partial charge in [0.1, 0.15) is 5.75 Å². The van der Waals surface area contributed by atoms with Crippen molar-refractivity contribution in [3.05, 3.63) is 75.5 Å². The van der Waals surface area contributed by atoms with Crippen molar-refractivity contribution in [3.8, 4) is 34.4 Å². The van der Waals surface area contributed by atoms with Gasteiger partial charge in [0.05, 0.1) is 18.4 Å². The normalized spacial score (nSPS) is 10.7. The van der Waals surface area contributed by atoms with Crippen LogP contribution in [0, 0.1) is 0 Å². The maximum atomic E-state index is 12.3. The lowest BCUT2D eigenvalue weighted by Crippen LogP contribution is -2.12. The molecular formula is C19H13BrN4O3. The van der Waals surface area contributed by atoms with E-state index < -0.39 is 0 Å². The molecule has 2 heterocycles. The summed E-state index contributed by atoms with van der Waals surface area (Å²) >= 11 is 3.42. The van der Waals surface area contributed by atoms with Gasteiger partial charge in [0.2, 0.25) is 11.3 Å². The van der Waals surface area contributed by atoms with E-state index in [2.05, 4.69) is 31.2 Å². The molecule has 134 valence electrons. The highest BCUT2D eigenvalue weighted by atomic mass is 79.9. The fourth-order valence-corrected chi connectivity index (χ4v) is 2.96. The zero-order valence-corrected chi connectivity index (χ0v) is 15.8. The lowest BCUT2D eigenvalue weighted by molar-refractivity contribution is 0.413. The van der Waals surface area contributed by atoms with Crippen molar-refractivity contribution >= 4 is 15.9 Å². The van der Waals surface area contributed by atoms with Gasteiger partial charge in [-0.25, -0.2) is 4.68 Å². The quantitative estimate of drug-likeness (QED) is 0.496. The van der Waals surface area contributed by atoms with E-state index in [1.807, 2.05) is 42.5 Å². The maximum absolute atomic E-state index is 12.3. The second-order valence-corrected chi connectivity index (χ2v) is 6.49. The smallest absolute Gasteiger partial charge is 0.282 e. The van der Waals surface area contributed by atoms with Crippen LogP contribution < -0.4 is 10.2 Å². The maximum Gasteiger partial charge on any atom is 0.282 e. The van der Waals surface area contributed by atoms with Crippen LogP contribution in [0.2, 0.25) is 0 Å². The summed E-state index contributed by atoms with van der Waals surface area (Å²) < 4.78 is 13.1. The Morgan fingerprint density at radius 3 is 2.78 bits per heavy atom. The molecule has 0 fully saturated rings. The van der Waals surface area contributed by atoms with Crippen LogP contribution >= 0.6 is 15.9 Å². The summed E-state index contributed by atoms with van der Waals surface area (Å²) in [5.74, 6) is 0.976. The van der Waals surface area contributed by atoms with Gasteiger partial charge in [0, 0.05) is 16.7 Å². The molecule has 0 aliphatic carbocycles. The minimum Gasteiger partial charge on any atom is -0.496 e. The van der Waals surface area contributed by atoms with Gasteiger partial charge in [0.25, 0.3) is 5.89 Å². The third-order valence-electron chi connectivity index (χ3n) is 3.86. The van der Waals surface area contributed by atoms with Crippen LogP contribution in [0.1, 0.15) is 0 Å². The molecule has 27 heavy (non-hydrogen) atoms. The summed E-state index contributed by atoms with van der Waals surface area (Å²) in [7, 11) is 1.56. The van der Waals surface area contributed by atoms with Crippen LogP contribution in [0.5, 0.6) is 5.75 Å². The van der Waals surface area contributed by atoms with E-state index in [0.717, 1.165) is 10.2 Å². The van der Waals surface area contributed by atoms with Crippen molar-refractivity contribution in [1.29, 1.82) is 0 Å². The van der Waals surface area contributed by atoms with Crippen molar-refractivity contribution < 1.29 is 9.26 Å². The molecule has 8 heteroatoms. The molecule has 0 saturated carbocycles. The van der Waals surface area contributed by atoms with Crippen molar-refractivity contribution in [2.24, 2.45) is 0 Å². The van der Waals surface area contributed by atoms with Gasteiger partial charge in [0.15, 0.2) is 5.69 Å². The predicted molar refractivity (Wildman–Crippen MR) is 103 cm³/mol. The average Bonchev–Trinajstić information content (AvgIpc) is 3.18. The highest BCUT2D eigenvalue weighted by Crippen LogP contribution is 2.28. The topological polar surface area (TPSA) is 83.0 Å². The van der Waals surface area contributed by atoms with Crippen LogP contribution in [0.4, 0.5) is 0 Å². The SMILES string of the molecule is COc1ccccc1-c1noc(-c2nn(-c3cccc(Br)c3)ccc2=O)n1. The Balaban J connectivity index is 1.77. The number of aromatic nitrogens is 4. The Bertz CT molecular complexity index is 1170. The molecule has 0 radical (unpaired) electrons. The predicted octanol–water partition coefficient (Wildman–Crippen LogP) is 3.72. The average molecular weight is 425 g/mol. The monoisotopic (exact) mass is 424 g/mol. The molecular weight excluding hydrogens is 412 g/mol. The Morgan fingerprint density at radius 2 is 1.96 bits per heavy atom. The van der Waals surface area contributed by atoms with Gasteiger partial charge in [-0.05, 0) is 30.3 Å². The first-order chi connectivity index (χ1) is 13.2. The largest absolute Gasteiger partial charge is 0.496 e. The van der Waals surface area contributed by atoms with Crippen molar-refractivity contribution in [2.45, 2.75) is 0 Å². The standard InChI is InChI=1S/C19H13BrN4O3/c1-26-16-8-3-2-7-14(16)18-21-19(27-23-18)17-15(25)9-10-24(22-17)13-6-4-5-12(20)11-13/h2-11H,1H3. The zero-order valence-electron chi connectivity index (χ0n) is 14.2. The van der Waals surface area contributed by atoms with Crippen LogP contribution in [0.25, 0.3) is 28.7 Å². The number of rotatable bonds is 4. The fraction of sp³-hybridized carbons (Fsp3) is 0.0526. The summed E-state index contributed by atoms with van der Waals surface area (Å²) in [6, 6.07) is 16.3. The van der Waals surface area contributed by atoms with E-state index in [-0.39, 0.29) is 17.0 Å². The second kappa shape index (κ2) is 7.16. The molecule has 4 aromatic rings. The van der Waals surface area contributed by atoms with E-state index in [1.54, 1.807) is 24.1 Å². The Hall–Kier alpha value is -3.26. The minimum atomic E-state index is -0.309. The number of halogens is 1. The Kier molecular flexibility index (Phi) is 4.55. The first-order valence-electron chi connectivity index (χ1n) is 7.99. The van der Waals surface area contributed by atoms with Crippen LogP contribution in [-0.2, 0) is 0 Å². The molecule has 0 atom stereocenters. The minimum absolute atomic E-state index is 0.0465. The highest BCUT2D eigenvalue weighted by molar-refractivity contribution is 9.10. The van der Waals surface area contributed by atoms with Gasteiger partial charge in [-0.15, -0.1) is 0 Å². The molecule has 7 nitrogen and oxygen atoms in total. The molecule has 0 aliphatic rings. The third kappa shape index (κ3) is 3.39. The number of nitrogens with zero attached hydrogens (tertiary/aromatic N) is 4. The Labute approximate surface area is 162 Å². The molecule has 0 bridgehead atoms. The number of methoxy groups -OCH3 is 1. The van der Waals surface area contributed by atoms with E-state index in [1.165, 1.54) is 6.07 Å². The molecule has 0 saturated heterocycles. The van der Waals surface area contributed by atoms with Crippen LogP contribution in [-0.4, -0.2) is 27.0 Å². The number of para-hydroxylation sites is 1. The molecule has 0 N–H and O–H groups in total. The van der Waals surface area contributed by atoms with Crippen molar-refractivity contribution in [2.75, 3.05) is 7.11 Å². The van der Waals surface area contributed by atoms with Gasteiger partial charge in [-0.1, -0.05) is 39.3 Å². The molecule has 4 rings (SSSR count).